The standard InChI is InChI=1S/2C4H10O.Al.3ClH/c2*1-2-3-4-5;;;;/h2*5H,2-4H2,1H3;;3*1H/q;;+3;;;/p-3. The van der Waals surface area contributed by atoms with Crippen molar-refractivity contribution in [2.75, 3.05) is 13.2 Å². The SMILES string of the molecule is CCCCO.CCCCO.[Cl][Al]([Cl])[Cl]. The zero-order valence-corrected chi connectivity index (χ0v) is 12.3. The molecule has 0 heterocycles. The van der Waals surface area contributed by atoms with E-state index in [1.165, 1.54) is 0 Å². The Balaban J connectivity index is -0.000000131. The third kappa shape index (κ3) is 71.4. The molecule has 0 bridgehead atoms. The lowest BCUT2D eigenvalue weighted by atomic mass is 10.4. The maximum Gasteiger partial charge on any atom is 0.643 e. The molecule has 2 N–H and O–H groups in total. The van der Waals surface area contributed by atoms with E-state index in [2.05, 4.69) is 13.8 Å². The second kappa shape index (κ2) is 23.9. The Morgan fingerprint density at radius 1 is 0.857 bits per heavy atom. The minimum absolute atomic E-state index is 0.344. The third-order valence-corrected chi connectivity index (χ3v) is 1.02. The van der Waals surface area contributed by atoms with Gasteiger partial charge in [0, 0.05) is 13.2 Å². The summed E-state index contributed by atoms with van der Waals surface area (Å²) in [4.78, 5) is 0. The van der Waals surface area contributed by atoms with Crippen LogP contribution in [0.3, 0.4) is 0 Å². The summed E-state index contributed by atoms with van der Waals surface area (Å²) in [6, 6.07) is 0. The summed E-state index contributed by atoms with van der Waals surface area (Å²) in [6.45, 7) is 4.79. The number of halogens is 3. The molecule has 14 heavy (non-hydrogen) atoms. The second-order valence-corrected chi connectivity index (χ2v) is 8.84. The molecule has 0 fully saturated rings. The van der Waals surface area contributed by atoms with E-state index in [1.807, 2.05) is 0 Å². The molecule has 0 aromatic heterocycles. The number of hydrogen-bond donors (Lipinski definition) is 2. The summed E-state index contributed by atoms with van der Waals surface area (Å²) < 4.78 is 0. The molecule has 0 aromatic carbocycles. The van der Waals surface area contributed by atoms with Crippen LogP contribution in [0, 0.1) is 0 Å². The average Bonchev–Trinajstić information content (AvgIpc) is 2.07. The monoisotopic (exact) mass is 280 g/mol. The fraction of sp³-hybridized carbons (Fsp3) is 1.00. The molecular weight excluding hydrogens is 261 g/mol. The van der Waals surface area contributed by atoms with Gasteiger partial charge in [-0.25, -0.2) is 30.1 Å². The highest BCUT2D eigenvalue weighted by atomic mass is 35.8. The fourth-order valence-electron chi connectivity index (χ4n) is 0.316. The second-order valence-electron chi connectivity index (χ2n) is 2.40. The van der Waals surface area contributed by atoms with Crippen LogP contribution in [0.15, 0.2) is 0 Å². The number of rotatable bonds is 4. The predicted molar refractivity (Wildman–Crippen MR) is 67.3 cm³/mol. The summed E-state index contributed by atoms with van der Waals surface area (Å²) >= 11 is -1.72. The van der Waals surface area contributed by atoms with Gasteiger partial charge < -0.3 is 10.2 Å². The van der Waals surface area contributed by atoms with Gasteiger partial charge in [0.25, 0.3) is 0 Å². The van der Waals surface area contributed by atoms with E-state index >= 15 is 0 Å². The van der Waals surface area contributed by atoms with Gasteiger partial charge in [0.05, 0.1) is 0 Å². The number of aliphatic hydroxyl groups excluding tert-OH is 2. The molecule has 0 aromatic rings. The lowest BCUT2D eigenvalue weighted by Crippen LogP contribution is -1.75. The number of aliphatic hydroxyl groups is 2. The zero-order chi connectivity index (χ0) is 11.8. The lowest BCUT2D eigenvalue weighted by Gasteiger charge is -1.79. The molecule has 0 spiro atoms. The van der Waals surface area contributed by atoms with Crippen LogP contribution in [0.2, 0.25) is 0 Å². The van der Waals surface area contributed by atoms with Gasteiger partial charge in [-0.2, -0.15) is 0 Å². The average molecular weight is 282 g/mol. The number of unbranched alkanes of at least 4 members (excludes halogenated alkanes) is 2. The molecular formula is C8H20AlCl3O2. The van der Waals surface area contributed by atoms with Gasteiger partial charge in [-0.05, 0) is 12.8 Å². The largest absolute Gasteiger partial charge is 0.643 e. The first-order valence-electron chi connectivity index (χ1n) is 4.70. The van der Waals surface area contributed by atoms with Crippen LogP contribution in [0.25, 0.3) is 0 Å². The molecule has 0 saturated heterocycles. The van der Waals surface area contributed by atoms with Crippen molar-refractivity contribution in [3.8, 4) is 0 Å². The number of hydrogen-bond acceptors (Lipinski definition) is 2. The zero-order valence-electron chi connectivity index (χ0n) is 8.85. The molecule has 0 unspecified atom stereocenters. The Morgan fingerprint density at radius 2 is 1.07 bits per heavy atom. The summed E-state index contributed by atoms with van der Waals surface area (Å²) in [6.07, 6.45) is 4.08. The van der Waals surface area contributed by atoms with Gasteiger partial charge in [0.1, 0.15) is 0 Å². The van der Waals surface area contributed by atoms with E-state index in [4.69, 9.17) is 40.4 Å². The normalized spacial score (nSPS) is 7.93. The van der Waals surface area contributed by atoms with Crippen LogP contribution >= 0.6 is 30.1 Å². The highest BCUT2D eigenvalue weighted by molar-refractivity contribution is 7.54. The first-order chi connectivity index (χ1) is 6.56. The van der Waals surface area contributed by atoms with E-state index in [9.17, 15) is 0 Å². The lowest BCUT2D eigenvalue weighted by molar-refractivity contribution is 0.286. The van der Waals surface area contributed by atoms with Gasteiger partial charge in [-0.15, -0.1) is 0 Å². The molecule has 0 rings (SSSR count). The van der Waals surface area contributed by atoms with Crippen molar-refractivity contribution in [3.05, 3.63) is 0 Å². The molecule has 0 amide bonds. The van der Waals surface area contributed by atoms with Gasteiger partial charge in [-0.1, -0.05) is 26.7 Å². The Kier molecular flexibility index (Phi) is 35.3. The molecule has 0 aliphatic heterocycles. The Morgan fingerprint density at radius 3 is 1.07 bits per heavy atom. The molecule has 6 heteroatoms. The van der Waals surface area contributed by atoms with E-state index in [0.717, 1.165) is 25.7 Å². The van der Waals surface area contributed by atoms with Crippen molar-refractivity contribution >= 4 is 41.5 Å². The Labute approximate surface area is 104 Å². The van der Waals surface area contributed by atoms with Crippen molar-refractivity contribution in [2.45, 2.75) is 39.5 Å². The Hall–Kier alpha value is 1.32. The Bertz CT molecular complexity index is 64.9. The van der Waals surface area contributed by atoms with E-state index in [0.29, 0.717) is 13.2 Å². The summed E-state index contributed by atoms with van der Waals surface area (Å²) in [7, 11) is 14.8. The van der Waals surface area contributed by atoms with Gasteiger partial charge in [0.15, 0.2) is 0 Å². The molecule has 0 saturated carbocycles. The quantitative estimate of drug-likeness (QED) is 0.777. The van der Waals surface area contributed by atoms with Crippen LogP contribution in [-0.2, 0) is 0 Å². The minimum Gasteiger partial charge on any atom is -0.396 e. The highest BCUT2D eigenvalue weighted by Gasteiger charge is 2.00. The van der Waals surface area contributed by atoms with E-state index < -0.39 is 11.4 Å². The van der Waals surface area contributed by atoms with Gasteiger partial charge >= 0.3 is 11.4 Å². The van der Waals surface area contributed by atoms with Crippen molar-refractivity contribution < 1.29 is 10.2 Å². The van der Waals surface area contributed by atoms with E-state index in [1.54, 1.807) is 0 Å². The molecule has 0 atom stereocenters. The van der Waals surface area contributed by atoms with Gasteiger partial charge in [0.2, 0.25) is 0 Å². The summed E-state index contributed by atoms with van der Waals surface area (Å²) in [5.74, 6) is 0. The molecule has 0 aliphatic rings. The maximum atomic E-state index is 8.07. The minimum atomic E-state index is -1.72. The van der Waals surface area contributed by atoms with Crippen LogP contribution in [-0.4, -0.2) is 34.8 Å². The molecule has 0 radical (unpaired) electrons. The van der Waals surface area contributed by atoms with Crippen molar-refractivity contribution in [1.82, 2.24) is 0 Å². The van der Waals surface area contributed by atoms with Crippen LogP contribution in [0.5, 0.6) is 0 Å². The summed E-state index contributed by atoms with van der Waals surface area (Å²) in [5.41, 5.74) is 0. The molecule has 88 valence electrons. The fourth-order valence-corrected chi connectivity index (χ4v) is 0.316. The first kappa shape index (κ1) is 20.7. The van der Waals surface area contributed by atoms with Crippen LogP contribution in [0.4, 0.5) is 0 Å². The summed E-state index contributed by atoms with van der Waals surface area (Å²) in [5, 5.41) is 16.1. The predicted octanol–water partition coefficient (Wildman–Crippen LogP) is 3.25. The smallest absolute Gasteiger partial charge is 0.396 e. The van der Waals surface area contributed by atoms with Crippen molar-refractivity contribution in [2.24, 2.45) is 0 Å². The topological polar surface area (TPSA) is 40.5 Å². The molecule has 2 nitrogen and oxygen atoms in total. The molecule has 0 aliphatic carbocycles. The van der Waals surface area contributed by atoms with Crippen LogP contribution in [0.1, 0.15) is 39.5 Å². The van der Waals surface area contributed by atoms with E-state index in [-0.39, 0.29) is 0 Å². The highest BCUT2D eigenvalue weighted by Crippen LogP contribution is 1.97. The first-order valence-corrected chi connectivity index (χ1v) is 9.94. The third-order valence-electron chi connectivity index (χ3n) is 1.02. The van der Waals surface area contributed by atoms with Gasteiger partial charge in [-0.3, -0.25) is 0 Å². The van der Waals surface area contributed by atoms with Crippen LogP contribution < -0.4 is 0 Å². The van der Waals surface area contributed by atoms with Crippen molar-refractivity contribution in [3.63, 3.8) is 0 Å². The van der Waals surface area contributed by atoms with Crippen molar-refractivity contribution in [1.29, 1.82) is 0 Å². The maximum absolute atomic E-state index is 8.07.